The van der Waals surface area contributed by atoms with E-state index >= 15 is 0 Å². The van der Waals surface area contributed by atoms with E-state index in [-0.39, 0.29) is 0 Å². The molecule has 0 amide bonds. The second kappa shape index (κ2) is 8.11. The Morgan fingerprint density at radius 2 is 1.63 bits per heavy atom. The number of fused-ring (bicyclic) bond motifs is 5. The van der Waals surface area contributed by atoms with Gasteiger partial charge in [-0.3, -0.25) is 0 Å². The number of rotatable bonds is 3. The third-order valence-corrected chi connectivity index (χ3v) is 13.1. The summed E-state index contributed by atoms with van der Waals surface area (Å²) in [4.78, 5) is 2.87. The molecule has 0 radical (unpaired) electrons. The molecule has 0 N–H and O–H groups in total. The summed E-state index contributed by atoms with van der Waals surface area (Å²) in [7, 11) is 2.23. The van der Waals surface area contributed by atoms with E-state index in [9.17, 15) is 0 Å². The summed E-state index contributed by atoms with van der Waals surface area (Å²) >= 11 is -0.0627. The Labute approximate surface area is 215 Å². The van der Waals surface area contributed by atoms with Gasteiger partial charge in [-0.2, -0.15) is 0 Å². The Hall–Kier alpha value is -2.30. The van der Waals surface area contributed by atoms with Gasteiger partial charge < -0.3 is 0 Å². The second-order valence-corrected chi connectivity index (χ2v) is 23.3. The molecule has 1 aliphatic rings. The van der Waals surface area contributed by atoms with E-state index < -0.39 is 13.3 Å². The number of hydrogen-bond acceptors (Lipinski definition) is 1. The quantitative estimate of drug-likeness (QED) is 0.125. The summed E-state index contributed by atoms with van der Waals surface area (Å²) in [5.41, 5.74) is 5.75. The van der Waals surface area contributed by atoms with Gasteiger partial charge >= 0.3 is 217 Å². The van der Waals surface area contributed by atoms with E-state index in [0.29, 0.717) is 5.92 Å². The van der Waals surface area contributed by atoms with Crippen LogP contribution in [0.15, 0.2) is 70.6 Å². The van der Waals surface area contributed by atoms with Gasteiger partial charge in [0, 0.05) is 0 Å². The number of pyridine rings is 1. The Balaban J connectivity index is 1.82. The van der Waals surface area contributed by atoms with Crippen LogP contribution < -0.4 is 8.96 Å². The number of aryl methyl sites for hydroxylation is 2. The molecule has 0 atom stereocenters. The molecule has 6 rings (SSSR count). The molecular formula is C32H34GeNS+. The van der Waals surface area contributed by atoms with Gasteiger partial charge in [-0.1, -0.05) is 0 Å². The van der Waals surface area contributed by atoms with Gasteiger partial charge in [0.1, 0.15) is 0 Å². The predicted octanol–water partition coefficient (Wildman–Crippen LogP) is 8.15. The number of benzene rings is 4. The Morgan fingerprint density at radius 3 is 2.34 bits per heavy atom. The molecule has 5 aromatic rings. The number of aromatic nitrogens is 1. The Bertz CT molecular complexity index is 1670. The normalized spacial score (nSPS) is 13.3. The summed E-state index contributed by atoms with van der Waals surface area (Å²) in [6, 6.07) is 20.9. The van der Waals surface area contributed by atoms with E-state index in [1.165, 1.54) is 64.5 Å². The summed E-state index contributed by atoms with van der Waals surface area (Å²) in [5.74, 6) is 8.16. The van der Waals surface area contributed by atoms with Crippen molar-refractivity contribution in [1.29, 1.82) is 0 Å². The van der Waals surface area contributed by atoms with Crippen molar-refractivity contribution in [2.75, 3.05) is 0 Å². The molecule has 1 aromatic heterocycles. The van der Waals surface area contributed by atoms with Gasteiger partial charge in [-0.25, -0.2) is 0 Å². The molecule has 1 nitrogen and oxygen atoms in total. The third kappa shape index (κ3) is 3.48. The van der Waals surface area contributed by atoms with Crippen molar-refractivity contribution < 1.29 is 4.57 Å². The van der Waals surface area contributed by atoms with Gasteiger partial charge in [-0.15, -0.1) is 0 Å². The van der Waals surface area contributed by atoms with Crippen LogP contribution in [0.4, 0.5) is 0 Å². The third-order valence-electron chi connectivity index (χ3n) is 7.62. The van der Waals surface area contributed by atoms with Crippen LogP contribution in [-0.2, 0) is 13.5 Å². The van der Waals surface area contributed by atoms with Crippen molar-refractivity contribution in [2.45, 2.75) is 54.3 Å². The molecule has 176 valence electrons. The van der Waals surface area contributed by atoms with Crippen molar-refractivity contribution in [2.24, 2.45) is 13.0 Å². The van der Waals surface area contributed by atoms with Crippen LogP contribution in [0.2, 0.25) is 17.3 Å². The maximum atomic E-state index is 2.52. The maximum absolute atomic E-state index is 2.52. The summed E-state index contributed by atoms with van der Waals surface area (Å²) in [6.07, 6.45) is 3.39. The molecule has 0 bridgehead atoms. The molecular weight excluding hydrogens is 503 g/mol. The van der Waals surface area contributed by atoms with Crippen LogP contribution in [0.1, 0.15) is 25.0 Å². The molecule has 3 heteroatoms. The fraction of sp³-hybridized carbons (Fsp3) is 0.281. The molecule has 4 aromatic carbocycles. The topological polar surface area (TPSA) is 3.88 Å². The van der Waals surface area contributed by atoms with Crippen molar-refractivity contribution in [1.82, 2.24) is 0 Å². The van der Waals surface area contributed by atoms with Gasteiger partial charge in [0.15, 0.2) is 0 Å². The van der Waals surface area contributed by atoms with Crippen molar-refractivity contribution in [3.63, 3.8) is 0 Å². The van der Waals surface area contributed by atoms with Crippen molar-refractivity contribution in [3.05, 3.63) is 71.9 Å². The van der Waals surface area contributed by atoms with Crippen molar-refractivity contribution >= 4 is 61.7 Å². The van der Waals surface area contributed by atoms with E-state index in [4.69, 9.17) is 0 Å². The van der Waals surface area contributed by atoms with Gasteiger partial charge in [0.05, 0.1) is 0 Å². The standard InChI is InChI=1S/C32H34GeNS/c1-19(2)17-25-23-13-9-8-12-22(23)20(3)28-31-30-24(15-16-34(31)7)29-21(18-27(30)35-32(25)28)11-10-14-26(29)33(4,5)6/h8-16,18-19H,17H2,1-7H3/q+1. The zero-order valence-electron chi connectivity index (χ0n) is 21.9. The zero-order chi connectivity index (χ0) is 24.6. The first kappa shape index (κ1) is 23.1. The van der Waals surface area contributed by atoms with Crippen LogP contribution in [0.25, 0.3) is 43.6 Å². The molecule has 35 heavy (non-hydrogen) atoms. The number of hydrogen-bond donors (Lipinski definition) is 0. The first-order chi connectivity index (χ1) is 16.7. The van der Waals surface area contributed by atoms with Crippen LogP contribution >= 0.6 is 11.8 Å². The van der Waals surface area contributed by atoms with E-state index in [2.05, 4.69) is 110 Å². The molecule has 0 spiro atoms. The Morgan fingerprint density at radius 1 is 0.886 bits per heavy atom. The fourth-order valence-corrected chi connectivity index (χ4v) is 10.9. The van der Waals surface area contributed by atoms with Crippen LogP contribution in [0, 0.1) is 12.8 Å². The minimum absolute atomic E-state index is 0.606. The van der Waals surface area contributed by atoms with E-state index in [1.807, 2.05) is 11.8 Å². The molecule has 1 aliphatic heterocycles. The Kier molecular flexibility index (Phi) is 5.36. The van der Waals surface area contributed by atoms with Gasteiger partial charge in [0.25, 0.3) is 0 Å². The van der Waals surface area contributed by atoms with Crippen LogP contribution in [-0.4, -0.2) is 13.3 Å². The fourth-order valence-electron chi connectivity index (χ4n) is 6.09. The second-order valence-electron chi connectivity index (χ2n) is 11.6. The molecule has 0 saturated heterocycles. The molecule has 2 heterocycles. The minimum atomic E-state index is -2.07. The summed E-state index contributed by atoms with van der Waals surface area (Å²) < 4.78 is 3.98. The molecule has 0 aliphatic carbocycles. The molecule has 0 saturated carbocycles. The molecule has 0 fully saturated rings. The SMILES string of the molecule is Cc1c2c(c(CC(C)C)c3ccccc13)Sc1cc3ccc[c]([Ge]([CH3])([CH3])[CH3])c3c3cc[n+](C)c-2c13. The first-order valence-electron chi connectivity index (χ1n) is 12.8. The first-order valence-corrected chi connectivity index (χ1v) is 20.9. The summed E-state index contributed by atoms with van der Waals surface area (Å²) in [5, 5.41) is 8.57. The summed E-state index contributed by atoms with van der Waals surface area (Å²) in [6.45, 7) is 7.02. The molecule has 0 unspecified atom stereocenters. The van der Waals surface area contributed by atoms with Crippen molar-refractivity contribution in [3.8, 4) is 11.3 Å². The average molecular weight is 537 g/mol. The van der Waals surface area contributed by atoms with E-state index in [1.54, 1.807) is 4.40 Å². The zero-order valence-corrected chi connectivity index (χ0v) is 24.8. The average Bonchev–Trinajstić information content (AvgIpc) is 2.81. The predicted molar refractivity (Wildman–Crippen MR) is 156 cm³/mol. The van der Waals surface area contributed by atoms with Gasteiger partial charge in [0.2, 0.25) is 0 Å². The monoisotopic (exact) mass is 538 g/mol. The van der Waals surface area contributed by atoms with Crippen LogP contribution in [0.3, 0.4) is 0 Å². The van der Waals surface area contributed by atoms with Crippen LogP contribution in [0.5, 0.6) is 0 Å². The van der Waals surface area contributed by atoms with E-state index in [0.717, 1.165) is 6.42 Å². The number of nitrogens with zero attached hydrogens (tertiary/aromatic N) is 1. The van der Waals surface area contributed by atoms with Gasteiger partial charge in [-0.05, 0) is 0 Å².